The third-order valence-electron chi connectivity index (χ3n) is 1.88. The van der Waals surface area contributed by atoms with E-state index < -0.39 is 5.41 Å². The lowest BCUT2D eigenvalue weighted by Gasteiger charge is -2.15. The molecule has 1 heterocycles. The third kappa shape index (κ3) is 2.16. The maximum atomic E-state index is 11.0. The molecule has 0 aliphatic rings. The van der Waals surface area contributed by atoms with Crippen LogP contribution in [0, 0.1) is 0 Å². The molecule has 0 amide bonds. The number of thiophene rings is 1. The topological polar surface area (TPSA) is 17.1 Å². The standard InChI is InChI=1S/C11H12OS/c1-3-4-7-11(2,9-12)10-6-5-8-13-10/h3-9H,1H2,2H3/b7-4+. The van der Waals surface area contributed by atoms with E-state index in [-0.39, 0.29) is 0 Å². The summed E-state index contributed by atoms with van der Waals surface area (Å²) < 4.78 is 0. The van der Waals surface area contributed by atoms with Crippen molar-refractivity contribution in [3.8, 4) is 0 Å². The van der Waals surface area contributed by atoms with E-state index in [0.717, 1.165) is 11.2 Å². The minimum atomic E-state index is -0.498. The molecule has 0 bridgehead atoms. The highest BCUT2D eigenvalue weighted by molar-refractivity contribution is 7.10. The molecule has 0 N–H and O–H groups in total. The monoisotopic (exact) mass is 192 g/mol. The molecule has 0 saturated heterocycles. The normalized spacial score (nSPS) is 15.5. The number of hydrogen-bond donors (Lipinski definition) is 0. The Morgan fingerprint density at radius 1 is 1.62 bits per heavy atom. The predicted molar refractivity (Wildman–Crippen MR) is 57.1 cm³/mol. The van der Waals surface area contributed by atoms with Crippen LogP contribution < -0.4 is 0 Å². The van der Waals surface area contributed by atoms with E-state index in [4.69, 9.17) is 0 Å². The van der Waals surface area contributed by atoms with Crippen LogP contribution in [0.5, 0.6) is 0 Å². The van der Waals surface area contributed by atoms with E-state index in [2.05, 4.69) is 6.58 Å². The molecular formula is C11H12OS. The van der Waals surface area contributed by atoms with Crippen molar-refractivity contribution < 1.29 is 4.79 Å². The zero-order chi connectivity index (χ0) is 9.73. The Balaban J connectivity index is 3.00. The van der Waals surface area contributed by atoms with Gasteiger partial charge in [-0.05, 0) is 18.4 Å². The Hall–Kier alpha value is -1.15. The lowest BCUT2D eigenvalue weighted by molar-refractivity contribution is -0.110. The zero-order valence-corrected chi connectivity index (χ0v) is 8.38. The summed E-state index contributed by atoms with van der Waals surface area (Å²) in [6, 6.07) is 3.91. The number of allylic oxidation sites excluding steroid dienone is 3. The van der Waals surface area contributed by atoms with Crippen LogP contribution in [0.3, 0.4) is 0 Å². The van der Waals surface area contributed by atoms with Crippen molar-refractivity contribution in [2.24, 2.45) is 0 Å². The smallest absolute Gasteiger partial charge is 0.134 e. The summed E-state index contributed by atoms with van der Waals surface area (Å²) in [6.45, 7) is 5.47. The molecule has 1 aromatic rings. The van der Waals surface area contributed by atoms with Crippen LogP contribution in [0.4, 0.5) is 0 Å². The van der Waals surface area contributed by atoms with Gasteiger partial charge < -0.3 is 4.79 Å². The van der Waals surface area contributed by atoms with Crippen LogP contribution in [0.1, 0.15) is 11.8 Å². The molecule has 2 heteroatoms. The van der Waals surface area contributed by atoms with Crippen molar-refractivity contribution in [1.29, 1.82) is 0 Å². The highest BCUT2D eigenvalue weighted by atomic mass is 32.1. The van der Waals surface area contributed by atoms with Gasteiger partial charge in [-0.25, -0.2) is 0 Å². The summed E-state index contributed by atoms with van der Waals surface area (Å²) >= 11 is 1.59. The fourth-order valence-corrected chi connectivity index (χ4v) is 1.86. The minimum Gasteiger partial charge on any atom is -0.302 e. The van der Waals surface area contributed by atoms with Gasteiger partial charge in [-0.3, -0.25) is 0 Å². The number of aldehydes is 1. The largest absolute Gasteiger partial charge is 0.302 e. The van der Waals surface area contributed by atoms with E-state index in [1.165, 1.54) is 0 Å². The van der Waals surface area contributed by atoms with Crippen molar-refractivity contribution in [2.75, 3.05) is 0 Å². The molecule has 1 nitrogen and oxygen atoms in total. The van der Waals surface area contributed by atoms with Crippen LogP contribution in [-0.4, -0.2) is 6.29 Å². The summed E-state index contributed by atoms with van der Waals surface area (Å²) in [5, 5.41) is 1.97. The minimum absolute atomic E-state index is 0.498. The summed E-state index contributed by atoms with van der Waals surface area (Å²) in [7, 11) is 0. The molecule has 1 atom stereocenters. The summed E-state index contributed by atoms with van der Waals surface area (Å²) in [4.78, 5) is 12.0. The fourth-order valence-electron chi connectivity index (χ4n) is 1.03. The molecule has 68 valence electrons. The molecule has 0 aliphatic heterocycles. The quantitative estimate of drug-likeness (QED) is 0.529. The Bertz CT molecular complexity index is 311. The van der Waals surface area contributed by atoms with Crippen molar-refractivity contribution in [1.82, 2.24) is 0 Å². The van der Waals surface area contributed by atoms with E-state index in [9.17, 15) is 4.79 Å². The van der Waals surface area contributed by atoms with Gasteiger partial charge in [-0.1, -0.05) is 30.9 Å². The van der Waals surface area contributed by atoms with Crippen molar-refractivity contribution in [3.05, 3.63) is 47.2 Å². The van der Waals surface area contributed by atoms with Gasteiger partial charge in [0, 0.05) is 4.88 Å². The average molecular weight is 192 g/mol. The lowest BCUT2D eigenvalue weighted by atomic mass is 9.90. The Morgan fingerprint density at radius 2 is 2.38 bits per heavy atom. The fraction of sp³-hybridized carbons (Fsp3) is 0.182. The molecule has 0 aliphatic carbocycles. The Labute approximate surface area is 82.4 Å². The van der Waals surface area contributed by atoms with Crippen molar-refractivity contribution >= 4 is 17.6 Å². The molecule has 1 aromatic heterocycles. The summed E-state index contributed by atoms with van der Waals surface area (Å²) in [5.41, 5.74) is -0.498. The predicted octanol–water partition coefficient (Wildman–Crippen LogP) is 2.95. The van der Waals surface area contributed by atoms with E-state index in [1.54, 1.807) is 23.5 Å². The maximum Gasteiger partial charge on any atom is 0.134 e. The number of carbonyl (C=O) groups is 1. The first-order valence-corrected chi connectivity index (χ1v) is 4.91. The van der Waals surface area contributed by atoms with E-state index in [0.29, 0.717) is 0 Å². The summed E-state index contributed by atoms with van der Waals surface area (Å²) in [5.74, 6) is 0. The second-order valence-corrected chi connectivity index (χ2v) is 3.92. The molecule has 0 spiro atoms. The number of carbonyl (C=O) groups excluding carboxylic acids is 1. The highest BCUT2D eigenvalue weighted by Gasteiger charge is 2.23. The average Bonchev–Trinajstić information content (AvgIpc) is 2.67. The van der Waals surface area contributed by atoms with Crippen molar-refractivity contribution in [2.45, 2.75) is 12.3 Å². The van der Waals surface area contributed by atoms with Gasteiger partial charge in [0.2, 0.25) is 0 Å². The van der Waals surface area contributed by atoms with Gasteiger partial charge in [0.1, 0.15) is 6.29 Å². The second-order valence-electron chi connectivity index (χ2n) is 2.97. The Kier molecular flexibility index (Phi) is 3.20. The first-order chi connectivity index (χ1) is 6.23. The first-order valence-electron chi connectivity index (χ1n) is 4.03. The lowest BCUT2D eigenvalue weighted by Crippen LogP contribution is -2.18. The molecule has 13 heavy (non-hydrogen) atoms. The first kappa shape index (κ1) is 9.93. The molecule has 0 radical (unpaired) electrons. The van der Waals surface area contributed by atoms with Gasteiger partial charge in [-0.15, -0.1) is 11.3 Å². The molecule has 0 aromatic carbocycles. The second kappa shape index (κ2) is 4.19. The molecule has 0 saturated carbocycles. The molecule has 1 unspecified atom stereocenters. The number of hydrogen-bond acceptors (Lipinski definition) is 2. The summed E-state index contributed by atoms with van der Waals surface area (Å²) in [6.07, 6.45) is 6.29. The van der Waals surface area contributed by atoms with Crippen LogP contribution in [0.15, 0.2) is 42.3 Å². The van der Waals surface area contributed by atoms with Crippen molar-refractivity contribution in [3.63, 3.8) is 0 Å². The molecule has 1 rings (SSSR count). The van der Waals surface area contributed by atoms with Crippen LogP contribution >= 0.6 is 11.3 Å². The van der Waals surface area contributed by atoms with Crippen LogP contribution in [-0.2, 0) is 10.2 Å². The van der Waals surface area contributed by atoms with E-state index >= 15 is 0 Å². The third-order valence-corrected chi connectivity index (χ3v) is 3.00. The van der Waals surface area contributed by atoms with Gasteiger partial charge >= 0.3 is 0 Å². The molecule has 0 fully saturated rings. The van der Waals surface area contributed by atoms with Gasteiger partial charge in [0.25, 0.3) is 0 Å². The molecular weight excluding hydrogens is 180 g/mol. The maximum absolute atomic E-state index is 11.0. The SMILES string of the molecule is C=C/C=C/C(C)(C=O)c1cccs1. The Morgan fingerprint density at radius 3 is 2.85 bits per heavy atom. The van der Waals surface area contributed by atoms with E-state index in [1.807, 2.05) is 30.5 Å². The highest BCUT2D eigenvalue weighted by Crippen LogP contribution is 2.27. The van der Waals surface area contributed by atoms with Crippen LogP contribution in [0.25, 0.3) is 0 Å². The van der Waals surface area contributed by atoms with Crippen LogP contribution in [0.2, 0.25) is 0 Å². The van der Waals surface area contributed by atoms with Gasteiger partial charge in [0.05, 0.1) is 5.41 Å². The number of rotatable bonds is 4. The van der Waals surface area contributed by atoms with Gasteiger partial charge in [-0.2, -0.15) is 0 Å². The van der Waals surface area contributed by atoms with Gasteiger partial charge in [0.15, 0.2) is 0 Å². The zero-order valence-electron chi connectivity index (χ0n) is 7.57.